The zero-order chi connectivity index (χ0) is 14.8. The number of rotatable bonds is 4. The van der Waals surface area contributed by atoms with Gasteiger partial charge in [0.2, 0.25) is 0 Å². The SMILES string of the molecule is Cc1cc2ncc(CN[C@H](C)c3ccccc3C)cn2n1. The second-order valence-electron chi connectivity index (χ2n) is 5.51. The van der Waals surface area contributed by atoms with E-state index in [1.165, 1.54) is 11.1 Å². The van der Waals surface area contributed by atoms with Crippen LogP contribution in [0, 0.1) is 13.8 Å². The van der Waals surface area contributed by atoms with Crippen LogP contribution in [0.15, 0.2) is 42.7 Å². The predicted octanol–water partition coefficient (Wildman–Crippen LogP) is 3.20. The van der Waals surface area contributed by atoms with Crippen LogP contribution in [0.1, 0.15) is 35.3 Å². The van der Waals surface area contributed by atoms with Crippen molar-refractivity contribution in [2.24, 2.45) is 0 Å². The minimum Gasteiger partial charge on any atom is -0.306 e. The first kappa shape index (κ1) is 13.8. The molecular formula is C17H20N4. The largest absolute Gasteiger partial charge is 0.306 e. The normalized spacial score (nSPS) is 12.7. The third-order valence-corrected chi connectivity index (χ3v) is 3.76. The van der Waals surface area contributed by atoms with Crippen LogP contribution < -0.4 is 5.32 Å². The molecule has 0 amide bonds. The van der Waals surface area contributed by atoms with Crippen LogP contribution in [0.2, 0.25) is 0 Å². The maximum Gasteiger partial charge on any atom is 0.155 e. The van der Waals surface area contributed by atoms with E-state index in [0.717, 1.165) is 23.4 Å². The fourth-order valence-electron chi connectivity index (χ4n) is 2.58. The van der Waals surface area contributed by atoms with Crippen molar-refractivity contribution < 1.29 is 0 Å². The first-order valence-electron chi connectivity index (χ1n) is 7.23. The minimum absolute atomic E-state index is 0.307. The van der Waals surface area contributed by atoms with Crippen molar-refractivity contribution in [1.29, 1.82) is 0 Å². The first-order valence-corrected chi connectivity index (χ1v) is 7.23. The van der Waals surface area contributed by atoms with Gasteiger partial charge in [0.05, 0.1) is 5.69 Å². The Morgan fingerprint density at radius 2 is 2.05 bits per heavy atom. The molecule has 0 spiro atoms. The lowest BCUT2D eigenvalue weighted by Gasteiger charge is -2.16. The minimum atomic E-state index is 0.307. The molecule has 2 heterocycles. The Balaban J connectivity index is 1.72. The Morgan fingerprint density at radius 1 is 1.24 bits per heavy atom. The number of hydrogen-bond donors (Lipinski definition) is 1. The van der Waals surface area contributed by atoms with Gasteiger partial charge < -0.3 is 5.32 Å². The van der Waals surface area contributed by atoms with E-state index in [4.69, 9.17) is 0 Å². The number of benzene rings is 1. The summed E-state index contributed by atoms with van der Waals surface area (Å²) in [6, 6.07) is 10.8. The molecule has 0 bridgehead atoms. The predicted molar refractivity (Wildman–Crippen MR) is 84.2 cm³/mol. The molecule has 0 aliphatic heterocycles. The van der Waals surface area contributed by atoms with E-state index in [2.05, 4.69) is 53.5 Å². The number of aryl methyl sites for hydroxylation is 2. The van der Waals surface area contributed by atoms with Crippen molar-refractivity contribution in [2.45, 2.75) is 33.4 Å². The van der Waals surface area contributed by atoms with E-state index in [-0.39, 0.29) is 0 Å². The number of nitrogens with one attached hydrogen (secondary N) is 1. The van der Waals surface area contributed by atoms with Gasteiger partial charge in [-0.25, -0.2) is 9.50 Å². The molecule has 108 valence electrons. The maximum atomic E-state index is 4.43. The number of aromatic nitrogens is 3. The molecule has 4 nitrogen and oxygen atoms in total. The summed E-state index contributed by atoms with van der Waals surface area (Å²) < 4.78 is 1.84. The van der Waals surface area contributed by atoms with Crippen LogP contribution >= 0.6 is 0 Å². The molecule has 0 fully saturated rings. The summed E-state index contributed by atoms with van der Waals surface area (Å²) in [5.41, 5.74) is 5.66. The molecule has 0 aliphatic rings. The molecule has 0 saturated carbocycles. The molecule has 3 rings (SSSR count). The lowest BCUT2D eigenvalue weighted by atomic mass is 10.0. The topological polar surface area (TPSA) is 42.2 Å². The number of fused-ring (bicyclic) bond motifs is 1. The first-order chi connectivity index (χ1) is 10.1. The molecular weight excluding hydrogens is 260 g/mol. The second kappa shape index (κ2) is 5.66. The van der Waals surface area contributed by atoms with Crippen LogP contribution in [0.4, 0.5) is 0 Å². The zero-order valence-corrected chi connectivity index (χ0v) is 12.7. The summed E-state index contributed by atoms with van der Waals surface area (Å²) in [6.45, 7) is 7.09. The van der Waals surface area contributed by atoms with Crippen LogP contribution in [0.3, 0.4) is 0 Å². The third kappa shape index (κ3) is 2.95. The van der Waals surface area contributed by atoms with Crippen molar-refractivity contribution in [3.8, 4) is 0 Å². The lowest BCUT2D eigenvalue weighted by molar-refractivity contribution is 0.569. The smallest absolute Gasteiger partial charge is 0.155 e. The van der Waals surface area contributed by atoms with E-state index in [1.807, 2.05) is 29.9 Å². The Labute approximate surface area is 124 Å². The number of hydrogen-bond acceptors (Lipinski definition) is 3. The van der Waals surface area contributed by atoms with Crippen LogP contribution in [-0.2, 0) is 6.54 Å². The van der Waals surface area contributed by atoms with Crippen molar-refractivity contribution in [2.75, 3.05) is 0 Å². The standard InChI is InChI=1S/C17H20N4/c1-12-6-4-5-7-16(12)14(3)18-9-15-10-19-17-8-13(2)20-21(17)11-15/h4-8,10-11,14,18H,9H2,1-3H3/t14-/m1/s1. The Morgan fingerprint density at radius 3 is 2.86 bits per heavy atom. The fraction of sp³-hybridized carbons (Fsp3) is 0.294. The van der Waals surface area contributed by atoms with Gasteiger partial charge in [-0.15, -0.1) is 0 Å². The molecule has 21 heavy (non-hydrogen) atoms. The van der Waals surface area contributed by atoms with Crippen molar-refractivity contribution in [3.05, 3.63) is 65.1 Å². The zero-order valence-electron chi connectivity index (χ0n) is 12.7. The Kier molecular flexibility index (Phi) is 3.71. The van der Waals surface area contributed by atoms with Gasteiger partial charge in [0.15, 0.2) is 5.65 Å². The van der Waals surface area contributed by atoms with E-state index in [0.29, 0.717) is 6.04 Å². The van der Waals surface area contributed by atoms with Gasteiger partial charge in [-0.05, 0) is 31.9 Å². The third-order valence-electron chi connectivity index (χ3n) is 3.76. The molecule has 0 saturated heterocycles. The van der Waals surface area contributed by atoms with Gasteiger partial charge >= 0.3 is 0 Å². The summed E-state index contributed by atoms with van der Waals surface area (Å²) >= 11 is 0. The average Bonchev–Trinajstić information content (AvgIpc) is 2.84. The monoisotopic (exact) mass is 280 g/mol. The summed E-state index contributed by atoms with van der Waals surface area (Å²) in [6.07, 6.45) is 3.95. The van der Waals surface area contributed by atoms with E-state index in [9.17, 15) is 0 Å². The maximum absolute atomic E-state index is 4.43. The Bertz CT molecular complexity index is 760. The molecule has 0 unspecified atom stereocenters. The van der Waals surface area contributed by atoms with E-state index < -0.39 is 0 Å². The molecule has 0 radical (unpaired) electrons. The van der Waals surface area contributed by atoms with Crippen molar-refractivity contribution in [1.82, 2.24) is 19.9 Å². The highest BCUT2D eigenvalue weighted by molar-refractivity contribution is 5.39. The van der Waals surface area contributed by atoms with E-state index >= 15 is 0 Å². The molecule has 0 aliphatic carbocycles. The lowest BCUT2D eigenvalue weighted by Crippen LogP contribution is -2.19. The summed E-state index contributed by atoms with van der Waals surface area (Å²) in [7, 11) is 0. The average molecular weight is 280 g/mol. The highest BCUT2D eigenvalue weighted by Crippen LogP contribution is 2.17. The summed E-state index contributed by atoms with van der Waals surface area (Å²) in [4.78, 5) is 4.43. The molecule has 3 aromatic rings. The second-order valence-corrected chi connectivity index (χ2v) is 5.51. The van der Waals surface area contributed by atoms with Crippen LogP contribution in [0.25, 0.3) is 5.65 Å². The molecule has 1 atom stereocenters. The van der Waals surface area contributed by atoms with Crippen LogP contribution in [-0.4, -0.2) is 14.6 Å². The molecule has 4 heteroatoms. The molecule has 1 N–H and O–H groups in total. The molecule has 2 aromatic heterocycles. The summed E-state index contributed by atoms with van der Waals surface area (Å²) in [5.74, 6) is 0. The Hall–Kier alpha value is -2.20. The van der Waals surface area contributed by atoms with Gasteiger partial charge in [0.1, 0.15) is 0 Å². The van der Waals surface area contributed by atoms with E-state index in [1.54, 1.807) is 0 Å². The molecule has 1 aromatic carbocycles. The highest BCUT2D eigenvalue weighted by atomic mass is 15.2. The number of nitrogens with zero attached hydrogens (tertiary/aromatic N) is 3. The van der Waals surface area contributed by atoms with Crippen molar-refractivity contribution in [3.63, 3.8) is 0 Å². The van der Waals surface area contributed by atoms with Gasteiger partial charge in [-0.2, -0.15) is 5.10 Å². The van der Waals surface area contributed by atoms with Gasteiger partial charge in [0.25, 0.3) is 0 Å². The van der Waals surface area contributed by atoms with Gasteiger partial charge in [0, 0.05) is 36.6 Å². The van der Waals surface area contributed by atoms with Gasteiger partial charge in [-0.3, -0.25) is 0 Å². The quantitative estimate of drug-likeness (QED) is 0.798. The van der Waals surface area contributed by atoms with Crippen LogP contribution in [0.5, 0.6) is 0 Å². The van der Waals surface area contributed by atoms with Crippen molar-refractivity contribution >= 4 is 5.65 Å². The summed E-state index contributed by atoms with van der Waals surface area (Å²) in [5, 5.41) is 7.95. The fourth-order valence-corrected chi connectivity index (χ4v) is 2.58. The highest BCUT2D eigenvalue weighted by Gasteiger charge is 2.08. The van der Waals surface area contributed by atoms with Gasteiger partial charge in [-0.1, -0.05) is 24.3 Å².